The number of carbonyl (C=O) groups excluding carboxylic acids is 1. The maximum Gasteiger partial charge on any atom is 0.326 e. The van der Waals surface area contributed by atoms with Crippen LogP contribution in [0, 0.1) is 0 Å². The van der Waals surface area contributed by atoms with E-state index in [1.165, 1.54) is 37.0 Å². The summed E-state index contributed by atoms with van der Waals surface area (Å²) >= 11 is 0. The summed E-state index contributed by atoms with van der Waals surface area (Å²) in [4.78, 5) is 23.8. The van der Waals surface area contributed by atoms with Gasteiger partial charge in [-0.15, -0.1) is 0 Å². The van der Waals surface area contributed by atoms with Crippen molar-refractivity contribution in [3.8, 4) is 0 Å². The first-order chi connectivity index (χ1) is 9.20. The second-order valence-corrected chi connectivity index (χ2v) is 5.55. The van der Waals surface area contributed by atoms with Gasteiger partial charge in [0.1, 0.15) is 6.04 Å². The molecular formula is C15H27NO3. The summed E-state index contributed by atoms with van der Waals surface area (Å²) in [6.45, 7) is 2.20. The van der Waals surface area contributed by atoms with Gasteiger partial charge in [0.05, 0.1) is 0 Å². The summed E-state index contributed by atoms with van der Waals surface area (Å²) in [5.74, 6) is -0.856. The van der Waals surface area contributed by atoms with Crippen LogP contribution in [0.4, 0.5) is 0 Å². The number of hydrogen-bond donors (Lipinski definition) is 1. The van der Waals surface area contributed by atoms with Gasteiger partial charge in [-0.3, -0.25) is 4.79 Å². The van der Waals surface area contributed by atoms with E-state index >= 15 is 0 Å². The van der Waals surface area contributed by atoms with Crippen molar-refractivity contribution in [2.75, 3.05) is 0 Å². The van der Waals surface area contributed by atoms with Crippen molar-refractivity contribution in [2.24, 2.45) is 0 Å². The van der Waals surface area contributed by atoms with Crippen LogP contribution in [-0.2, 0) is 9.59 Å². The van der Waals surface area contributed by atoms with Gasteiger partial charge in [-0.1, -0.05) is 51.9 Å². The van der Waals surface area contributed by atoms with Gasteiger partial charge >= 0.3 is 5.97 Å². The molecule has 1 atom stereocenters. The third-order valence-electron chi connectivity index (χ3n) is 3.82. The molecule has 1 unspecified atom stereocenters. The first kappa shape index (κ1) is 16.0. The van der Waals surface area contributed by atoms with E-state index in [0.717, 1.165) is 32.1 Å². The predicted molar refractivity (Wildman–Crippen MR) is 75.0 cm³/mol. The van der Waals surface area contributed by atoms with Gasteiger partial charge in [-0.25, -0.2) is 4.79 Å². The molecule has 4 nitrogen and oxygen atoms in total. The summed E-state index contributed by atoms with van der Waals surface area (Å²) < 4.78 is 0. The van der Waals surface area contributed by atoms with Crippen LogP contribution < -0.4 is 0 Å². The Morgan fingerprint density at radius 3 is 2.26 bits per heavy atom. The molecule has 1 amide bonds. The van der Waals surface area contributed by atoms with Crippen molar-refractivity contribution in [3.63, 3.8) is 0 Å². The smallest absolute Gasteiger partial charge is 0.326 e. The van der Waals surface area contributed by atoms with Crippen LogP contribution in [0.15, 0.2) is 0 Å². The Hall–Kier alpha value is -1.06. The monoisotopic (exact) mass is 269 g/mol. The van der Waals surface area contributed by atoms with Gasteiger partial charge in [-0.2, -0.15) is 0 Å². The Morgan fingerprint density at radius 1 is 1.21 bits per heavy atom. The number of carbonyl (C=O) groups is 2. The zero-order valence-corrected chi connectivity index (χ0v) is 12.0. The van der Waals surface area contributed by atoms with E-state index < -0.39 is 12.0 Å². The van der Waals surface area contributed by atoms with Crippen molar-refractivity contribution in [1.82, 2.24) is 4.90 Å². The van der Waals surface area contributed by atoms with Crippen LogP contribution in [0.1, 0.15) is 71.1 Å². The molecule has 0 aromatic heterocycles. The molecule has 0 heterocycles. The number of carboxylic acid groups (broad SMARTS) is 1. The van der Waals surface area contributed by atoms with Gasteiger partial charge in [0, 0.05) is 6.04 Å². The number of aliphatic carboxylic acids is 1. The van der Waals surface area contributed by atoms with Crippen LogP contribution in [0.5, 0.6) is 0 Å². The normalized spacial score (nSPS) is 16.1. The maximum absolute atomic E-state index is 11.2. The number of unbranched alkanes of at least 4 members (excludes halogenated alkanes) is 6. The largest absolute Gasteiger partial charge is 0.480 e. The van der Waals surface area contributed by atoms with Crippen LogP contribution in [-0.4, -0.2) is 34.5 Å². The fourth-order valence-corrected chi connectivity index (χ4v) is 2.48. The first-order valence-electron chi connectivity index (χ1n) is 7.66. The molecule has 1 saturated carbocycles. The Morgan fingerprint density at radius 2 is 1.79 bits per heavy atom. The van der Waals surface area contributed by atoms with E-state index in [4.69, 9.17) is 0 Å². The Labute approximate surface area is 116 Å². The third-order valence-corrected chi connectivity index (χ3v) is 3.82. The zero-order valence-electron chi connectivity index (χ0n) is 12.0. The van der Waals surface area contributed by atoms with E-state index in [2.05, 4.69) is 6.92 Å². The van der Waals surface area contributed by atoms with Gasteiger partial charge in [0.2, 0.25) is 6.41 Å². The highest BCUT2D eigenvalue weighted by Crippen LogP contribution is 2.28. The summed E-state index contributed by atoms with van der Waals surface area (Å²) in [5.41, 5.74) is 0. The van der Waals surface area contributed by atoms with Gasteiger partial charge in [0.25, 0.3) is 0 Å². The average molecular weight is 269 g/mol. The minimum atomic E-state index is -0.856. The maximum atomic E-state index is 11.2. The fraction of sp³-hybridized carbons (Fsp3) is 0.867. The number of amides is 1. The highest BCUT2D eigenvalue weighted by atomic mass is 16.4. The lowest BCUT2D eigenvalue weighted by molar-refractivity contribution is -0.147. The molecule has 19 heavy (non-hydrogen) atoms. The molecule has 0 aromatic rings. The Kier molecular flexibility index (Phi) is 7.53. The summed E-state index contributed by atoms with van der Waals surface area (Å²) in [6.07, 6.45) is 11.4. The Balaban J connectivity index is 2.19. The Bertz CT molecular complexity index is 277. The molecule has 0 aromatic carbocycles. The fourth-order valence-electron chi connectivity index (χ4n) is 2.48. The molecule has 0 spiro atoms. The van der Waals surface area contributed by atoms with Crippen molar-refractivity contribution in [1.29, 1.82) is 0 Å². The molecule has 4 heteroatoms. The lowest BCUT2D eigenvalue weighted by Gasteiger charge is -2.24. The van der Waals surface area contributed by atoms with E-state index in [9.17, 15) is 14.7 Å². The lowest BCUT2D eigenvalue weighted by atomic mass is 10.0. The molecule has 1 fully saturated rings. The van der Waals surface area contributed by atoms with Gasteiger partial charge < -0.3 is 10.0 Å². The van der Waals surface area contributed by atoms with Crippen molar-refractivity contribution in [3.05, 3.63) is 0 Å². The molecule has 0 saturated heterocycles. The van der Waals surface area contributed by atoms with Crippen molar-refractivity contribution in [2.45, 2.75) is 83.2 Å². The van der Waals surface area contributed by atoms with E-state index in [-0.39, 0.29) is 6.04 Å². The van der Waals surface area contributed by atoms with Crippen LogP contribution in [0.25, 0.3) is 0 Å². The van der Waals surface area contributed by atoms with Crippen molar-refractivity contribution < 1.29 is 14.7 Å². The summed E-state index contributed by atoms with van der Waals surface area (Å²) in [5, 5.41) is 9.22. The molecular weight excluding hydrogens is 242 g/mol. The minimum Gasteiger partial charge on any atom is -0.480 e. The van der Waals surface area contributed by atoms with Crippen LogP contribution >= 0.6 is 0 Å². The number of nitrogens with zero attached hydrogens (tertiary/aromatic N) is 1. The molecule has 0 bridgehead atoms. The van der Waals surface area contributed by atoms with E-state index in [1.54, 1.807) is 0 Å². The lowest BCUT2D eigenvalue weighted by Crippen LogP contribution is -2.41. The summed E-state index contributed by atoms with van der Waals surface area (Å²) in [6, 6.07) is -0.427. The number of rotatable bonds is 12. The predicted octanol–water partition coefficient (Wildman–Crippen LogP) is 3.20. The summed E-state index contributed by atoms with van der Waals surface area (Å²) in [7, 11) is 0. The molecule has 110 valence electrons. The van der Waals surface area contributed by atoms with E-state index in [0.29, 0.717) is 6.42 Å². The van der Waals surface area contributed by atoms with Crippen LogP contribution in [0.2, 0.25) is 0 Å². The molecule has 1 N–H and O–H groups in total. The highest BCUT2D eigenvalue weighted by molar-refractivity contribution is 5.76. The number of carboxylic acids is 1. The second-order valence-electron chi connectivity index (χ2n) is 5.55. The van der Waals surface area contributed by atoms with Gasteiger partial charge in [0.15, 0.2) is 0 Å². The third kappa shape index (κ3) is 6.08. The molecule has 0 radical (unpaired) electrons. The zero-order chi connectivity index (χ0) is 14.1. The standard InChI is InChI=1S/C15H27NO3/c1-2-3-4-5-6-7-8-9-14(15(18)19)16(12-17)13-10-11-13/h12-14H,2-11H2,1H3,(H,18,19). The minimum absolute atomic E-state index is 0.183. The average Bonchev–Trinajstić information content (AvgIpc) is 3.20. The second kappa shape index (κ2) is 8.94. The SMILES string of the molecule is CCCCCCCCCC(C(=O)O)N(C=O)C1CC1. The van der Waals surface area contributed by atoms with E-state index in [1.807, 2.05) is 0 Å². The first-order valence-corrected chi connectivity index (χ1v) is 7.66. The molecule has 1 aliphatic carbocycles. The molecule has 1 aliphatic rings. The number of hydrogen-bond acceptors (Lipinski definition) is 2. The van der Waals surface area contributed by atoms with Crippen molar-refractivity contribution >= 4 is 12.4 Å². The molecule has 0 aliphatic heterocycles. The highest BCUT2D eigenvalue weighted by Gasteiger charge is 2.35. The van der Waals surface area contributed by atoms with Crippen LogP contribution in [0.3, 0.4) is 0 Å². The quantitative estimate of drug-likeness (QED) is 0.437. The topological polar surface area (TPSA) is 57.6 Å². The van der Waals surface area contributed by atoms with Gasteiger partial charge in [-0.05, 0) is 19.3 Å². The molecule has 1 rings (SSSR count).